The van der Waals surface area contributed by atoms with Crippen molar-refractivity contribution < 1.29 is 14.0 Å². The van der Waals surface area contributed by atoms with Crippen LogP contribution < -0.4 is 5.32 Å². The van der Waals surface area contributed by atoms with Gasteiger partial charge >= 0.3 is 0 Å². The molecular formula is C25H31FN2O2S. The first kappa shape index (κ1) is 23.3. The molecule has 0 saturated heterocycles. The van der Waals surface area contributed by atoms with Crippen LogP contribution in [0.4, 0.5) is 4.39 Å². The second kappa shape index (κ2) is 11.9. The van der Waals surface area contributed by atoms with E-state index in [0.717, 1.165) is 42.6 Å². The number of carbonyl (C=O) groups is 2. The third-order valence-electron chi connectivity index (χ3n) is 5.69. The molecule has 1 N–H and O–H groups in total. The highest BCUT2D eigenvalue weighted by Crippen LogP contribution is 2.20. The van der Waals surface area contributed by atoms with Crippen LogP contribution in [0.25, 0.3) is 0 Å². The summed E-state index contributed by atoms with van der Waals surface area (Å²) in [7, 11) is 0. The molecule has 6 heteroatoms. The molecule has 31 heavy (non-hydrogen) atoms. The maximum atomic E-state index is 13.3. The number of nitrogens with one attached hydrogen (secondary N) is 1. The Morgan fingerprint density at radius 3 is 2.39 bits per heavy atom. The van der Waals surface area contributed by atoms with Crippen LogP contribution in [-0.2, 0) is 21.9 Å². The normalized spacial score (nSPS) is 14.9. The van der Waals surface area contributed by atoms with Crippen LogP contribution in [0.5, 0.6) is 0 Å². The van der Waals surface area contributed by atoms with Crippen molar-refractivity contribution in [3.63, 3.8) is 0 Å². The topological polar surface area (TPSA) is 49.4 Å². The standard InChI is InChI=1S/C25H31FN2O2S/c1-2-23(25(30)27-22-10-6-7-11-22)28(16-19-12-14-21(26)15-13-19)24(29)18-31-17-20-8-4-3-5-9-20/h3-5,8-9,12-15,22-23H,2,6-7,10-11,16-18H2,1H3,(H,27,30)/t23-/m1/s1. The molecule has 1 saturated carbocycles. The van der Waals surface area contributed by atoms with Gasteiger partial charge in [0, 0.05) is 18.3 Å². The molecule has 166 valence electrons. The second-order valence-corrected chi connectivity index (χ2v) is 9.03. The van der Waals surface area contributed by atoms with E-state index in [1.54, 1.807) is 28.8 Å². The highest BCUT2D eigenvalue weighted by Gasteiger charge is 2.30. The average molecular weight is 443 g/mol. The first-order valence-electron chi connectivity index (χ1n) is 11.0. The zero-order valence-corrected chi connectivity index (χ0v) is 18.9. The molecule has 2 aromatic rings. The molecule has 0 unspecified atom stereocenters. The number of benzene rings is 2. The van der Waals surface area contributed by atoms with E-state index in [2.05, 4.69) is 5.32 Å². The molecule has 1 aliphatic carbocycles. The van der Waals surface area contributed by atoms with Crippen LogP contribution in [-0.4, -0.2) is 34.6 Å². The fourth-order valence-corrected chi connectivity index (χ4v) is 4.86. The van der Waals surface area contributed by atoms with Gasteiger partial charge in [0.2, 0.25) is 11.8 Å². The first-order valence-corrected chi connectivity index (χ1v) is 12.2. The Hall–Kier alpha value is -2.34. The Morgan fingerprint density at radius 2 is 1.74 bits per heavy atom. The number of nitrogens with zero attached hydrogens (tertiary/aromatic N) is 1. The molecule has 0 heterocycles. The van der Waals surface area contributed by atoms with Gasteiger partial charge in [-0.3, -0.25) is 9.59 Å². The maximum absolute atomic E-state index is 13.3. The lowest BCUT2D eigenvalue weighted by atomic mass is 10.1. The SMILES string of the molecule is CC[C@H](C(=O)NC1CCCC1)N(Cc1ccc(F)cc1)C(=O)CSCc1ccccc1. The van der Waals surface area contributed by atoms with Crippen LogP contribution in [0.2, 0.25) is 0 Å². The number of hydrogen-bond donors (Lipinski definition) is 1. The summed E-state index contributed by atoms with van der Waals surface area (Å²) in [5.41, 5.74) is 1.98. The smallest absolute Gasteiger partial charge is 0.243 e. The van der Waals surface area contributed by atoms with E-state index < -0.39 is 6.04 Å². The summed E-state index contributed by atoms with van der Waals surface area (Å²) in [4.78, 5) is 27.9. The quantitative estimate of drug-likeness (QED) is 0.568. The van der Waals surface area contributed by atoms with Crippen molar-refractivity contribution in [2.24, 2.45) is 0 Å². The zero-order valence-electron chi connectivity index (χ0n) is 18.1. The lowest BCUT2D eigenvalue weighted by molar-refractivity contribution is -0.139. The summed E-state index contributed by atoms with van der Waals surface area (Å²) >= 11 is 1.55. The molecule has 3 rings (SSSR count). The van der Waals surface area contributed by atoms with E-state index in [0.29, 0.717) is 18.7 Å². The van der Waals surface area contributed by atoms with Crippen LogP contribution in [0.15, 0.2) is 54.6 Å². The lowest BCUT2D eigenvalue weighted by Gasteiger charge is -2.31. The fraction of sp³-hybridized carbons (Fsp3) is 0.440. The van der Waals surface area contributed by atoms with Gasteiger partial charge in [-0.2, -0.15) is 0 Å². The summed E-state index contributed by atoms with van der Waals surface area (Å²) in [6, 6.07) is 15.8. The van der Waals surface area contributed by atoms with Crippen molar-refractivity contribution in [2.75, 3.05) is 5.75 Å². The van der Waals surface area contributed by atoms with Crippen molar-refractivity contribution in [1.82, 2.24) is 10.2 Å². The summed E-state index contributed by atoms with van der Waals surface area (Å²) in [6.07, 6.45) is 4.81. The molecular weight excluding hydrogens is 411 g/mol. The van der Waals surface area contributed by atoms with E-state index in [1.165, 1.54) is 12.1 Å². The van der Waals surface area contributed by atoms with E-state index in [4.69, 9.17) is 0 Å². The summed E-state index contributed by atoms with van der Waals surface area (Å²) in [6.45, 7) is 2.22. The Labute approximate surface area is 188 Å². The second-order valence-electron chi connectivity index (χ2n) is 8.04. The minimum absolute atomic E-state index is 0.0707. The van der Waals surface area contributed by atoms with Crippen molar-refractivity contribution >= 4 is 23.6 Å². The van der Waals surface area contributed by atoms with E-state index in [1.807, 2.05) is 37.3 Å². The molecule has 1 aliphatic rings. The van der Waals surface area contributed by atoms with E-state index >= 15 is 0 Å². The molecule has 2 aromatic carbocycles. The lowest BCUT2D eigenvalue weighted by Crippen LogP contribution is -2.51. The van der Waals surface area contributed by atoms with Gasteiger partial charge in [0.05, 0.1) is 5.75 Å². The number of carbonyl (C=O) groups excluding carboxylic acids is 2. The van der Waals surface area contributed by atoms with Crippen LogP contribution in [0, 0.1) is 5.82 Å². The predicted octanol–water partition coefficient (Wildman–Crippen LogP) is 4.93. The van der Waals surface area contributed by atoms with Gasteiger partial charge in [0.1, 0.15) is 11.9 Å². The Morgan fingerprint density at radius 1 is 1.06 bits per heavy atom. The Kier molecular flexibility index (Phi) is 8.95. The number of hydrogen-bond acceptors (Lipinski definition) is 3. The summed E-state index contributed by atoms with van der Waals surface area (Å²) < 4.78 is 13.3. The van der Waals surface area contributed by atoms with Crippen molar-refractivity contribution in [3.8, 4) is 0 Å². The zero-order chi connectivity index (χ0) is 22.1. The highest BCUT2D eigenvalue weighted by atomic mass is 32.2. The molecule has 0 bridgehead atoms. The molecule has 1 atom stereocenters. The van der Waals surface area contributed by atoms with Crippen LogP contribution in [0.1, 0.15) is 50.2 Å². The molecule has 4 nitrogen and oxygen atoms in total. The molecule has 2 amide bonds. The molecule has 0 radical (unpaired) electrons. The molecule has 1 fully saturated rings. The monoisotopic (exact) mass is 442 g/mol. The number of rotatable bonds is 10. The van der Waals surface area contributed by atoms with Crippen molar-refractivity contribution in [1.29, 1.82) is 0 Å². The minimum Gasteiger partial charge on any atom is -0.352 e. The number of halogens is 1. The Balaban J connectivity index is 1.69. The number of thioether (sulfide) groups is 1. The Bertz CT molecular complexity index is 838. The molecule has 0 aromatic heterocycles. The average Bonchev–Trinajstić information content (AvgIpc) is 3.28. The van der Waals surface area contributed by atoms with Crippen LogP contribution in [0.3, 0.4) is 0 Å². The summed E-state index contributed by atoms with van der Waals surface area (Å²) in [5, 5.41) is 3.14. The third kappa shape index (κ3) is 7.10. The first-order chi connectivity index (χ1) is 15.1. The van der Waals surface area contributed by atoms with Gasteiger partial charge in [-0.1, -0.05) is 62.2 Å². The fourth-order valence-electron chi connectivity index (χ4n) is 3.99. The van der Waals surface area contributed by atoms with E-state index in [9.17, 15) is 14.0 Å². The third-order valence-corrected chi connectivity index (χ3v) is 6.68. The number of amides is 2. The van der Waals surface area contributed by atoms with Gasteiger partial charge in [0.25, 0.3) is 0 Å². The predicted molar refractivity (Wildman–Crippen MR) is 124 cm³/mol. The molecule has 0 spiro atoms. The minimum atomic E-state index is -0.532. The van der Waals surface area contributed by atoms with Crippen LogP contribution >= 0.6 is 11.8 Å². The van der Waals surface area contributed by atoms with Gasteiger partial charge in [-0.15, -0.1) is 11.8 Å². The van der Waals surface area contributed by atoms with E-state index in [-0.39, 0.29) is 23.7 Å². The van der Waals surface area contributed by atoms with Gasteiger partial charge in [-0.05, 0) is 42.5 Å². The van der Waals surface area contributed by atoms with Gasteiger partial charge < -0.3 is 10.2 Å². The maximum Gasteiger partial charge on any atom is 0.243 e. The van der Waals surface area contributed by atoms with Crippen molar-refractivity contribution in [3.05, 3.63) is 71.5 Å². The van der Waals surface area contributed by atoms with Gasteiger partial charge in [0.15, 0.2) is 0 Å². The molecule has 0 aliphatic heterocycles. The largest absolute Gasteiger partial charge is 0.352 e. The summed E-state index contributed by atoms with van der Waals surface area (Å²) in [5.74, 6) is 0.563. The van der Waals surface area contributed by atoms with Gasteiger partial charge in [-0.25, -0.2) is 4.39 Å². The van der Waals surface area contributed by atoms with Crippen molar-refractivity contribution in [2.45, 2.75) is 63.4 Å². The highest BCUT2D eigenvalue weighted by molar-refractivity contribution is 7.99.